The Morgan fingerprint density at radius 1 is 1.30 bits per heavy atom. The minimum atomic E-state index is -2.55. The number of hydrogen-bond acceptors (Lipinski definition) is 7. The number of furan rings is 1. The molecule has 4 rings (SSSR count). The lowest BCUT2D eigenvalue weighted by Gasteiger charge is -2.28. The van der Waals surface area contributed by atoms with Crippen molar-refractivity contribution >= 4 is 34.2 Å². The highest BCUT2D eigenvalue weighted by Gasteiger charge is 2.34. The van der Waals surface area contributed by atoms with Gasteiger partial charge in [-0.15, -0.1) is 0 Å². The van der Waals surface area contributed by atoms with Gasteiger partial charge in [0, 0.05) is 37.5 Å². The van der Waals surface area contributed by atoms with Crippen LogP contribution in [0.5, 0.6) is 0 Å². The van der Waals surface area contributed by atoms with Crippen molar-refractivity contribution in [2.45, 2.75) is 58.4 Å². The van der Waals surface area contributed by atoms with E-state index in [2.05, 4.69) is 12.2 Å². The summed E-state index contributed by atoms with van der Waals surface area (Å²) in [7, 11) is 3.01. The smallest absolute Gasteiger partial charge is 0.311 e. The monoisotopic (exact) mass is 570 g/mol. The molecule has 1 fully saturated rings. The normalized spacial score (nSPS) is 15.8. The zero-order valence-corrected chi connectivity index (χ0v) is 24.1. The molecule has 2 heterocycles. The second kappa shape index (κ2) is 12.6. The van der Waals surface area contributed by atoms with Crippen molar-refractivity contribution in [2.75, 3.05) is 27.3 Å². The Bertz CT molecular complexity index is 1400. The molecule has 2 unspecified atom stereocenters. The minimum Gasteiger partial charge on any atom is -0.760 e. The SMILES string of the molecule is CCc1ccc(-c2oc3nc(CN(CCCC(C)(COC)C(=O)O)S(=O)[O-])c(C4CC4)cc3c2C(=O)NC)cc1. The van der Waals surface area contributed by atoms with Crippen LogP contribution in [-0.4, -0.2) is 62.3 Å². The van der Waals surface area contributed by atoms with Crippen LogP contribution in [0.3, 0.4) is 0 Å². The summed E-state index contributed by atoms with van der Waals surface area (Å²) in [4.78, 5) is 29.5. The highest BCUT2D eigenvalue weighted by atomic mass is 32.2. The van der Waals surface area contributed by atoms with Gasteiger partial charge in [0.15, 0.2) is 0 Å². The van der Waals surface area contributed by atoms with E-state index in [1.54, 1.807) is 14.0 Å². The molecule has 40 heavy (non-hydrogen) atoms. The van der Waals surface area contributed by atoms with Crippen molar-refractivity contribution in [1.29, 1.82) is 0 Å². The number of amides is 1. The van der Waals surface area contributed by atoms with Gasteiger partial charge in [-0.05, 0) is 62.1 Å². The summed E-state index contributed by atoms with van der Waals surface area (Å²) in [6.07, 6.45) is 3.37. The number of carbonyl (C=O) groups is 2. The molecule has 2 atom stereocenters. The van der Waals surface area contributed by atoms with Gasteiger partial charge in [0.25, 0.3) is 5.91 Å². The van der Waals surface area contributed by atoms with E-state index >= 15 is 0 Å². The van der Waals surface area contributed by atoms with E-state index < -0.39 is 22.7 Å². The Morgan fingerprint density at radius 3 is 2.55 bits per heavy atom. The molecule has 1 aromatic carbocycles. The standard InChI is InChI=1S/C29H37N3O7S/c1-5-18-7-9-20(10-8-18)25-24(26(33)30-3)22-15-21(19-11-12-19)23(31-27(22)39-25)16-32(40(36)37)14-6-13-29(2,17-38-4)28(34)35/h7-10,15,19H,5-6,11-14,16-17H2,1-4H3,(H,30,33)(H,34,35)(H,36,37)/p-1. The third-order valence-corrected chi connectivity index (χ3v) is 8.28. The number of nitrogens with zero attached hydrogens (tertiary/aromatic N) is 2. The molecule has 0 radical (unpaired) electrons. The number of aromatic nitrogens is 1. The quantitative estimate of drug-likeness (QED) is 0.271. The molecule has 216 valence electrons. The maximum absolute atomic E-state index is 13.0. The molecule has 0 bridgehead atoms. The minimum absolute atomic E-state index is 0.0164. The van der Waals surface area contributed by atoms with Crippen molar-refractivity contribution in [3.63, 3.8) is 0 Å². The van der Waals surface area contributed by atoms with Crippen molar-refractivity contribution in [3.8, 4) is 11.3 Å². The molecule has 10 nitrogen and oxygen atoms in total. The highest BCUT2D eigenvalue weighted by molar-refractivity contribution is 7.76. The van der Waals surface area contributed by atoms with Crippen LogP contribution in [-0.2, 0) is 33.8 Å². The van der Waals surface area contributed by atoms with Gasteiger partial charge in [-0.25, -0.2) is 9.29 Å². The lowest BCUT2D eigenvalue weighted by Crippen LogP contribution is -2.34. The van der Waals surface area contributed by atoms with Crippen LogP contribution in [0, 0.1) is 5.41 Å². The second-order valence-electron chi connectivity index (χ2n) is 10.6. The molecule has 1 saturated carbocycles. The van der Waals surface area contributed by atoms with Gasteiger partial charge < -0.3 is 24.1 Å². The van der Waals surface area contributed by atoms with E-state index in [4.69, 9.17) is 14.1 Å². The summed E-state index contributed by atoms with van der Waals surface area (Å²) in [5.74, 6) is -0.633. The zero-order valence-electron chi connectivity index (χ0n) is 23.3. The number of pyridine rings is 1. The molecule has 0 aliphatic heterocycles. The van der Waals surface area contributed by atoms with Gasteiger partial charge in [-0.3, -0.25) is 13.8 Å². The van der Waals surface area contributed by atoms with Gasteiger partial charge >= 0.3 is 5.97 Å². The first-order valence-electron chi connectivity index (χ1n) is 13.5. The number of carboxylic acid groups (broad SMARTS) is 1. The predicted octanol–water partition coefficient (Wildman–Crippen LogP) is 4.41. The topological polar surface area (TPSA) is 145 Å². The van der Waals surface area contributed by atoms with E-state index in [-0.39, 0.29) is 43.7 Å². The fraction of sp³-hybridized carbons (Fsp3) is 0.483. The summed E-state index contributed by atoms with van der Waals surface area (Å²) >= 11 is -2.55. The molecule has 2 N–H and O–H groups in total. The molecule has 0 spiro atoms. The number of rotatable bonds is 14. The molecule has 0 saturated heterocycles. The maximum Gasteiger partial charge on any atom is 0.311 e. The van der Waals surface area contributed by atoms with Crippen LogP contribution >= 0.6 is 0 Å². The summed E-state index contributed by atoms with van der Waals surface area (Å²) < 4.78 is 36.9. The third-order valence-electron chi connectivity index (χ3n) is 7.54. The Morgan fingerprint density at radius 2 is 2.00 bits per heavy atom. The summed E-state index contributed by atoms with van der Waals surface area (Å²) in [5, 5.41) is 12.9. The second-order valence-corrected chi connectivity index (χ2v) is 11.5. The molecule has 11 heteroatoms. The Hall–Kier alpha value is -3.12. The number of methoxy groups -OCH3 is 1. The van der Waals surface area contributed by atoms with Gasteiger partial charge in [-0.1, -0.05) is 31.2 Å². The van der Waals surface area contributed by atoms with Crippen LogP contribution < -0.4 is 5.32 Å². The highest BCUT2D eigenvalue weighted by Crippen LogP contribution is 2.44. The fourth-order valence-electron chi connectivity index (χ4n) is 4.97. The Labute approximate surface area is 236 Å². The van der Waals surface area contributed by atoms with Crippen molar-refractivity contribution in [2.24, 2.45) is 5.41 Å². The van der Waals surface area contributed by atoms with E-state index in [0.717, 1.165) is 36.0 Å². The van der Waals surface area contributed by atoms with E-state index in [0.29, 0.717) is 28.8 Å². The molecule has 1 aliphatic carbocycles. The van der Waals surface area contributed by atoms with Crippen molar-refractivity contribution in [3.05, 3.63) is 52.7 Å². The van der Waals surface area contributed by atoms with Crippen molar-refractivity contribution < 1.29 is 32.6 Å². The first-order chi connectivity index (χ1) is 19.1. The molecular weight excluding hydrogens is 534 g/mol. The zero-order chi connectivity index (χ0) is 29.0. The molecule has 3 aromatic rings. The Balaban J connectivity index is 1.68. The summed E-state index contributed by atoms with van der Waals surface area (Å²) in [6, 6.07) is 9.74. The number of aliphatic carboxylic acids is 1. The van der Waals surface area contributed by atoms with Gasteiger partial charge in [-0.2, -0.15) is 0 Å². The average molecular weight is 571 g/mol. The summed E-state index contributed by atoms with van der Waals surface area (Å²) in [6.45, 7) is 3.83. The molecular formula is C29H36N3O7S-. The number of carbonyl (C=O) groups excluding carboxylic acids is 1. The third kappa shape index (κ3) is 6.43. The van der Waals surface area contributed by atoms with Crippen molar-refractivity contribution in [1.82, 2.24) is 14.6 Å². The number of fused-ring (bicyclic) bond motifs is 1. The fourth-order valence-corrected chi connectivity index (χ4v) is 5.48. The lowest BCUT2D eigenvalue weighted by molar-refractivity contribution is -0.151. The predicted molar refractivity (Wildman–Crippen MR) is 150 cm³/mol. The average Bonchev–Trinajstić information content (AvgIpc) is 3.72. The number of benzene rings is 1. The van der Waals surface area contributed by atoms with E-state index in [9.17, 15) is 23.5 Å². The number of aryl methyl sites for hydroxylation is 1. The number of nitrogens with one attached hydrogen (secondary N) is 1. The van der Waals surface area contributed by atoms with E-state index in [1.807, 2.05) is 30.3 Å². The number of ether oxygens (including phenoxy) is 1. The van der Waals surface area contributed by atoms with E-state index in [1.165, 1.54) is 11.4 Å². The van der Waals surface area contributed by atoms with Crippen LogP contribution in [0.4, 0.5) is 0 Å². The molecule has 1 aliphatic rings. The molecule has 2 aromatic heterocycles. The lowest BCUT2D eigenvalue weighted by atomic mass is 9.86. The first-order valence-corrected chi connectivity index (χ1v) is 14.5. The molecule has 1 amide bonds. The number of carboxylic acids is 1. The van der Waals surface area contributed by atoms with Gasteiger partial charge in [0.2, 0.25) is 5.71 Å². The van der Waals surface area contributed by atoms with Gasteiger partial charge in [0.05, 0.1) is 35.2 Å². The first kappa shape index (κ1) is 29.9. The van der Waals surface area contributed by atoms with Crippen LogP contribution in [0.2, 0.25) is 0 Å². The van der Waals surface area contributed by atoms with Crippen LogP contribution in [0.15, 0.2) is 34.7 Å². The Kier molecular flexibility index (Phi) is 9.40. The van der Waals surface area contributed by atoms with Crippen LogP contribution in [0.25, 0.3) is 22.4 Å². The maximum atomic E-state index is 13.0. The van der Waals surface area contributed by atoms with Gasteiger partial charge in [0.1, 0.15) is 5.76 Å². The van der Waals surface area contributed by atoms with Crippen LogP contribution in [0.1, 0.15) is 72.6 Å². The number of hydrogen-bond donors (Lipinski definition) is 2. The largest absolute Gasteiger partial charge is 0.760 e. The summed E-state index contributed by atoms with van der Waals surface area (Å²) in [5.41, 5.74) is 2.94.